The van der Waals surface area contributed by atoms with Gasteiger partial charge in [0.15, 0.2) is 0 Å². The quantitative estimate of drug-likeness (QED) is 0.211. The number of fused-ring (bicyclic) bond motifs is 10. The smallest absolute Gasteiger partial charge is 0.143 e. The molecule has 0 saturated heterocycles. The molecule has 0 atom stereocenters. The van der Waals surface area contributed by atoms with Gasteiger partial charge in [0.2, 0.25) is 0 Å². The Balaban J connectivity index is 1.44. The summed E-state index contributed by atoms with van der Waals surface area (Å²) in [5.41, 5.74) is 7.18. The molecule has 0 radical (unpaired) electrons. The van der Waals surface area contributed by atoms with Crippen molar-refractivity contribution in [3.63, 3.8) is 0 Å². The molecule has 2 heterocycles. The highest BCUT2D eigenvalue weighted by atomic mass is 16.3. The number of furan rings is 1. The molecule has 7 aromatic carbocycles. The lowest BCUT2D eigenvalue weighted by atomic mass is 9.92. The van der Waals surface area contributed by atoms with Crippen molar-refractivity contribution in [2.75, 3.05) is 0 Å². The van der Waals surface area contributed by atoms with E-state index in [1.807, 2.05) is 6.07 Å². The first kappa shape index (κ1) is 22.4. The second kappa shape index (κ2) is 8.51. The SMILES string of the molecule is c1ccc(-c2nc3ccccc3c3c2ccc2oc4c(-c5cc6ccccc6c6ccccc56)cccc4c23)cc1. The van der Waals surface area contributed by atoms with Crippen molar-refractivity contribution in [1.29, 1.82) is 0 Å². The van der Waals surface area contributed by atoms with Gasteiger partial charge in [-0.25, -0.2) is 4.98 Å². The van der Waals surface area contributed by atoms with E-state index in [2.05, 4.69) is 133 Å². The first-order chi connectivity index (χ1) is 20.3. The number of nitrogens with zero attached hydrogens (tertiary/aromatic N) is 1. The maximum atomic E-state index is 6.78. The first-order valence-electron chi connectivity index (χ1n) is 14.0. The number of hydrogen-bond acceptors (Lipinski definition) is 2. The summed E-state index contributed by atoms with van der Waals surface area (Å²) in [6, 6.07) is 49.4. The molecular formula is C39H23NO. The molecule has 41 heavy (non-hydrogen) atoms. The van der Waals surface area contributed by atoms with Gasteiger partial charge in [-0.05, 0) is 51.4 Å². The summed E-state index contributed by atoms with van der Waals surface area (Å²) in [6.07, 6.45) is 0. The molecule has 9 rings (SSSR count). The topological polar surface area (TPSA) is 26.0 Å². The van der Waals surface area contributed by atoms with Gasteiger partial charge >= 0.3 is 0 Å². The summed E-state index contributed by atoms with van der Waals surface area (Å²) in [6.45, 7) is 0. The van der Waals surface area contributed by atoms with Crippen LogP contribution in [0, 0.1) is 0 Å². The van der Waals surface area contributed by atoms with Crippen LogP contribution in [0.15, 0.2) is 144 Å². The highest BCUT2D eigenvalue weighted by Crippen LogP contribution is 2.45. The Hall–Kier alpha value is -5.47. The molecular weight excluding hydrogens is 498 g/mol. The number of rotatable bonds is 2. The van der Waals surface area contributed by atoms with Gasteiger partial charge in [-0.15, -0.1) is 0 Å². The third-order valence-corrected chi connectivity index (χ3v) is 8.43. The van der Waals surface area contributed by atoms with Gasteiger partial charge in [-0.1, -0.05) is 115 Å². The minimum Gasteiger partial charge on any atom is -0.455 e. The molecule has 2 nitrogen and oxygen atoms in total. The maximum absolute atomic E-state index is 6.78. The Labute approximate surface area is 236 Å². The molecule has 0 saturated carbocycles. The average molecular weight is 522 g/mol. The Morgan fingerprint density at radius 2 is 1.15 bits per heavy atom. The Morgan fingerprint density at radius 1 is 0.439 bits per heavy atom. The van der Waals surface area contributed by atoms with Crippen LogP contribution in [0.5, 0.6) is 0 Å². The molecule has 0 N–H and O–H groups in total. The largest absolute Gasteiger partial charge is 0.455 e. The molecule has 0 aliphatic rings. The van der Waals surface area contributed by atoms with Gasteiger partial charge in [0.1, 0.15) is 11.2 Å². The summed E-state index contributed by atoms with van der Waals surface area (Å²) in [7, 11) is 0. The van der Waals surface area contributed by atoms with Gasteiger partial charge in [0.25, 0.3) is 0 Å². The van der Waals surface area contributed by atoms with E-state index in [0.717, 1.165) is 55.0 Å². The van der Waals surface area contributed by atoms with E-state index in [1.165, 1.54) is 32.5 Å². The van der Waals surface area contributed by atoms with Gasteiger partial charge < -0.3 is 4.42 Å². The molecule has 0 aliphatic heterocycles. The monoisotopic (exact) mass is 521 g/mol. The van der Waals surface area contributed by atoms with Crippen molar-refractivity contribution in [2.45, 2.75) is 0 Å². The second-order valence-corrected chi connectivity index (χ2v) is 10.7. The van der Waals surface area contributed by atoms with E-state index in [-0.39, 0.29) is 0 Å². The summed E-state index contributed by atoms with van der Waals surface area (Å²) >= 11 is 0. The van der Waals surface area contributed by atoms with Crippen LogP contribution in [-0.4, -0.2) is 4.98 Å². The van der Waals surface area contributed by atoms with Crippen molar-refractivity contribution >= 4 is 65.2 Å². The standard InChI is InChI=1S/C39H23NO/c1-2-11-24(12-3-1)38-31-21-22-35-37(36(31)30-17-8-9-20-34(30)40-38)32-19-10-18-29(39(32)41-35)33-23-25-13-4-5-14-26(25)27-15-6-7-16-28(27)33/h1-23H. The lowest BCUT2D eigenvalue weighted by Gasteiger charge is -2.12. The van der Waals surface area contributed by atoms with Crippen molar-refractivity contribution in [2.24, 2.45) is 0 Å². The molecule has 0 spiro atoms. The van der Waals surface area contributed by atoms with Gasteiger partial charge in [-0.2, -0.15) is 0 Å². The van der Waals surface area contributed by atoms with E-state index in [0.29, 0.717) is 0 Å². The van der Waals surface area contributed by atoms with Crippen LogP contribution in [0.25, 0.3) is 87.5 Å². The van der Waals surface area contributed by atoms with E-state index >= 15 is 0 Å². The number of pyridine rings is 1. The van der Waals surface area contributed by atoms with Gasteiger partial charge in [0.05, 0.1) is 11.2 Å². The first-order valence-corrected chi connectivity index (χ1v) is 14.0. The van der Waals surface area contributed by atoms with Crippen LogP contribution >= 0.6 is 0 Å². The number of benzene rings is 7. The van der Waals surface area contributed by atoms with Crippen LogP contribution in [0.1, 0.15) is 0 Å². The highest BCUT2D eigenvalue weighted by molar-refractivity contribution is 6.29. The van der Waals surface area contributed by atoms with Crippen LogP contribution in [0.2, 0.25) is 0 Å². The summed E-state index contributed by atoms with van der Waals surface area (Å²) in [5, 5.41) is 10.7. The number of para-hydroxylation sites is 2. The lowest BCUT2D eigenvalue weighted by Crippen LogP contribution is -1.90. The fourth-order valence-corrected chi connectivity index (χ4v) is 6.64. The summed E-state index contributed by atoms with van der Waals surface area (Å²) < 4.78 is 6.78. The maximum Gasteiger partial charge on any atom is 0.143 e. The zero-order valence-corrected chi connectivity index (χ0v) is 22.1. The zero-order valence-electron chi connectivity index (χ0n) is 22.1. The third kappa shape index (κ3) is 3.22. The average Bonchev–Trinajstić information content (AvgIpc) is 3.43. The molecule has 0 fully saturated rings. The molecule has 0 bridgehead atoms. The third-order valence-electron chi connectivity index (χ3n) is 8.43. The normalized spacial score (nSPS) is 11.9. The summed E-state index contributed by atoms with van der Waals surface area (Å²) in [4.78, 5) is 5.14. The summed E-state index contributed by atoms with van der Waals surface area (Å²) in [5.74, 6) is 0. The van der Waals surface area contributed by atoms with Crippen molar-refractivity contribution < 1.29 is 4.42 Å². The number of hydrogen-bond donors (Lipinski definition) is 0. The van der Waals surface area contributed by atoms with Crippen LogP contribution in [0.4, 0.5) is 0 Å². The molecule has 9 aromatic rings. The zero-order chi connectivity index (χ0) is 26.9. The van der Waals surface area contributed by atoms with Gasteiger partial charge in [0, 0.05) is 38.1 Å². The predicted molar refractivity (Wildman–Crippen MR) is 172 cm³/mol. The van der Waals surface area contributed by atoms with Crippen molar-refractivity contribution in [1.82, 2.24) is 4.98 Å². The van der Waals surface area contributed by atoms with Crippen molar-refractivity contribution in [3.05, 3.63) is 140 Å². The molecule has 0 amide bonds. The Morgan fingerprint density at radius 3 is 2.02 bits per heavy atom. The molecule has 190 valence electrons. The molecule has 0 aliphatic carbocycles. The molecule has 2 heteroatoms. The van der Waals surface area contributed by atoms with E-state index < -0.39 is 0 Å². The Bertz CT molecular complexity index is 2470. The van der Waals surface area contributed by atoms with E-state index in [4.69, 9.17) is 9.40 Å². The van der Waals surface area contributed by atoms with Crippen molar-refractivity contribution in [3.8, 4) is 22.4 Å². The number of aromatic nitrogens is 1. The fraction of sp³-hybridized carbons (Fsp3) is 0. The minimum absolute atomic E-state index is 0.889. The molecule has 2 aromatic heterocycles. The van der Waals surface area contributed by atoms with E-state index in [1.54, 1.807) is 0 Å². The minimum atomic E-state index is 0.889. The predicted octanol–water partition coefficient (Wildman–Crippen LogP) is 10.9. The van der Waals surface area contributed by atoms with Crippen LogP contribution in [-0.2, 0) is 0 Å². The molecule has 0 unspecified atom stereocenters. The Kier molecular flexibility index (Phi) is 4.64. The van der Waals surface area contributed by atoms with Crippen LogP contribution in [0.3, 0.4) is 0 Å². The fourth-order valence-electron chi connectivity index (χ4n) is 6.64. The lowest BCUT2D eigenvalue weighted by molar-refractivity contribution is 0.670. The van der Waals surface area contributed by atoms with E-state index in [9.17, 15) is 0 Å². The second-order valence-electron chi connectivity index (χ2n) is 10.7. The highest BCUT2D eigenvalue weighted by Gasteiger charge is 2.20. The van der Waals surface area contributed by atoms with Gasteiger partial charge in [-0.3, -0.25) is 0 Å². The van der Waals surface area contributed by atoms with Crippen LogP contribution < -0.4 is 0 Å².